The number of H-pyrrole nitrogens is 1. The highest BCUT2D eigenvalue weighted by Gasteiger charge is 2.42. The monoisotopic (exact) mass is 479 g/mol. The first-order valence-corrected chi connectivity index (χ1v) is 12.6. The van der Waals surface area contributed by atoms with Crippen LogP contribution in [-0.4, -0.2) is 75.5 Å². The van der Waals surface area contributed by atoms with Crippen molar-refractivity contribution < 1.29 is 27.4 Å². The Labute approximate surface area is 192 Å². The number of amides is 1. The van der Waals surface area contributed by atoms with Crippen molar-refractivity contribution in [1.82, 2.24) is 14.6 Å². The minimum Gasteiger partial charge on any atom is -0.382 e. The molecule has 10 nitrogen and oxygen atoms in total. The van der Waals surface area contributed by atoms with Crippen LogP contribution in [0.4, 0.5) is 0 Å². The average molecular weight is 480 g/mol. The zero-order valence-electron chi connectivity index (χ0n) is 18.6. The van der Waals surface area contributed by atoms with E-state index in [2.05, 4.69) is 10.3 Å². The molecular formula is C22H29N3O7S. The largest absolute Gasteiger partial charge is 0.382 e. The van der Waals surface area contributed by atoms with E-state index in [-0.39, 0.29) is 28.9 Å². The first-order valence-electron chi connectivity index (χ1n) is 11.2. The molecule has 2 fully saturated rings. The summed E-state index contributed by atoms with van der Waals surface area (Å²) in [5.74, 6) is -1.20. The number of rotatable bonds is 8. The Morgan fingerprint density at radius 2 is 1.97 bits per heavy atom. The predicted molar refractivity (Wildman–Crippen MR) is 121 cm³/mol. The fourth-order valence-corrected chi connectivity index (χ4v) is 5.61. The average Bonchev–Trinajstić information content (AvgIpc) is 3.27. The normalized spacial score (nSPS) is 18.7. The van der Waals surface area contributed by atoms with E-state index in [9.17, 15) is 18.0 Å². The van der Waals surface area contributed by atoms with Crippen LogP contribution >= 0.6 is 0 Å². The highest BCUT2D eigenvalue weighted by atomic mass is 32.2. The zero-order valence-corrected chi connectivity index (χ0v) is 19.4. The molecule has 1 aromatic heterocycles. The molecule has 180 valence electrons. The number of fused-ring (bicyclic) bond motifs is 1. The molecule has 1 aromatic carbocycles. The van der Waals surface area contributed by atoms with Crippen LogP contribution in [-0.2, 0) is 24.2 Å². The Morgan fingerprint density at radius 1 is 1.24 bits per heavy atom. The molecule has 2 aliphatic rings. The van der Waals surface area contributed by atoms with Crippen molar-refractivity contribution >= 4 is 26.8 Å². The van der Waals surface area contributed by atoms with Crippen molar-refractivity contribution in [2.75, 3.05) is 46.1 Å². The summed E-state index contributed by atoms with van der Waals surface area (Å²) >= 11 is 0. The lowest BCUT2D eigenvalue weighted by Gasteiger charge is -2.36. The Bertz CT molecular complexity index is 1160. The van der Waals surface area contributed by atoms with Gasteiger partial charge in [0.1, 0.15) is 5.56 Å². The molecule has 1 amide bonds. The SMILES string of the molecule is CCOCCCNC(=O)c1c[nH]c2ccc(S(=O)(=O)N3CCC4(CC3)OCCO4)cc2c1=O. The molecule has 0 unspecified atom stereocenters. The molecule has 33 heavy (non-hydrogen) atoms. The van der Waals surface area contributed by atoms with Crippen LogP contribution in [0.25, 0.3) is 10.9 Å². The first-order chi connectivity index (χ1) is 15.9. The zero-order chi connectivity index (χ0) is 23.5. The van der Waals surface area contributed by atoms with Crippen molar-refractivity contribution in [3.8, 4) is 0 Å². The van der Waals surface area contributed by atoms with E-state index >= 15 is 0 Å². The molecule has 3 heterocycles. The molecule has 2 N–H and O–H groups in total. The minimum absolute atomic E-state index is 0.0129. The number of piperidine rings is 1. The second-order valence-electron chi connectivity index (χ2n) is 8.06. The van der Waals surface area contributed by atoms with Crippen LogP contribution in [0.5, 0.6) is 0 Å². The number of nitrogens with zero attached hydrogens (tertiary/aromatic N) is 1. The maximum absolute atomic E-state index is 13.2. The maximum Gasteiger partial charge on any atom is 0.256 e. The number of carbonyl (C=O) groups excluding carboxylic acids is 1. The third kappa shape index (κ3) is 4.97. The lowest BCUT2D eigenvalue weighted by atomic mass is 10.1. The lowest BCUT2D eigenvalue weighted by Crippen LogP contribution is -2.47. The molecule has 0 aliphatic carbocycles. The molecule has 0 radical (unpaired) electrons. The number of hydrogen-bond acceptors (Lipinski definition) is 7. The number of ether oxygens (including phenoxy) is 3. The van der Waals surface area contributed by atoms with Gasteiger partial charge in [0.25, 0.3) is 5.91 Å². The summed E-state index contributed by atoms with van der Waals surface area (Å²) in [6.45, 7) is 4.94. The molecule has 2 aromatic rings. The quantitative estimate of drug-likeness (QED) is 0.545. The van der Waals surface area contributed by atoms with E-state index in [1.807, 2.05) is 6.92 Å². The molecular weight excluding hydrogens is 450 g/mol. The van der Waals surface area contributed by atoms with Crippen molar-refractivity contribution in [3.05, 3.63) is 40.2 Å². The summed E-state index contributed by atoms with van der Waals surface area (Å²) in [5.41, 5.74) is -0.130. The number of nitrogens with one attached hydrogen (secondary N) is 2. The summed E-state index contributed by atoms with van der Waals surface area (Å²) < 4.78 is 44.4. The molecule has 2 saturated heterocycles. The number of sulfonamides is 1. The van der Waals surface area contributed by atoms with Gasteiger partial charge in [0.15, 0.2) is 5.79 Å². The van der Waals surface area contributed by atoms with Crippen LogP contribution in [0.2, 0.25) is 0 Å². The fourth-order valence-electron chi connectivity index (χ4n) is 4.14. The third-order valence-electron chi connectivity index (χ3n) is 5.99. The Hall–Kier alpha value is -2.31. The second kappa shape index (κ2) is 9.90. The van der Waals surface area contributed by atoms with Gasteiger partial charge in [0, 0.05) is 62.8 Å². The van der Waals surface area contributed by atoms with Crippen molar-refractivity contribution in [2.45, 2.75) is 36.9 Å². The standard InChI is InChI=1S/C22H29N3O7S/c1-2-30-11-3-8-23-21(27)18-15-24-19-5-4-16(14-17(19)20(18)26)33(28,29)25-9-6-22(7-10-25)31-12-13-32-22/h4-5,14-15H,2-3,6-13H2,1H3,(H,23,27)(H,24,26). The molecule has 4 rings (SSSR count). The van der Waals surface area contributed by atoms with E-state index in [0.29, 0.717) is 57.8 Å². The number of carbonyl (C=O) groups is 1. The Kier molecular flexibility index (Phi) is 7.15. The predicted octanol–water partition coefficient (Wildman–Crippen LogP) is 1.21. The molecule has 2 aliphatic heterocycles. The van der Waals surface area contributed by atoms with Gasteiger partial charge in [0.05, 0.1) is 18.1 Å². The van der Waals surface area contributed by atoms with Gasteiger partial charge in [-0.15, -0.1) is 0 Å². The third-order valence-corrected chi connectivity index (χ3v) is 7.88. The maximum atomic E-state index is 13.2. The van der Waals surface area contributed by atoms with E-state index < -0.39 is 27.1 Å². The van der Waals surface area contributed by atoms with Crippen molar-refractivity contribution in [1.29, 1.82) is 0 Å². The Morgan fingerprint density at radius 3 is 2.67 bits per heavy atom. The van der Waals surface area contributed by atoms with Crippen LogP contribution in [0.3, 0.4) is 0 Å². The van der Waals surface area contributed by atoms with Gasteiger partial charge in [-0.1, -0.05) is 0 Å². The molecule has 0 saturated carbocycles. The van der Waals surface area contributed by atoms with Gasteiger partial charge >= 0.3 is 0 Å². The van der Waals surface area contributed by atoms with Crippen LogP contribution < -0.4 is 10.7 Å². The van der Waals surface area contributed by atoms with Crippen molar-refractivity contribution in [3.63, 3.8) is 0 Å². The molecule has 0 bridgehead atoms. The van der Waals surface area contributed by atoms with E-state index in [4.69, 9.17) is 14.2 Å². The van der Waals surface area contributed by atoms with Gasteiger partial charge < -0.3 is 24.5 Å². The van der Waals surface area contributed by atoms with Gasteiger partial charge in [0.2, 0.25) is 15.5 Å². The smallest absolute Gasteiger partial charge is 0.256 e. The summed E-state index contributed by atoms with van der Waals surface area (Å²) in [6.07, 6.45) is 2.88. The second-order valence-corrected chi connectivity index (χ2v) is 9.99. The molecule has 11 heteroatoms. The number of aromatic amines is 1. The van der Waals surface area contributed by atoms with E-state index in [1.165, 1.54) is 22.6 Å². The van der Waals surface area contributed by atoms with Gasteiger partial charge in [-0.05, 0) is 31.5 Å². The fraction of sp³-hybridized carbons (Fsp3) is 0.545. The first kappa shape index (κ1) is 23.8. The topological polar surface area (TPSA) is 127 Å². The number of hydrogen-bond donors (Lipinski definition) is 2. The highest BCUT2D eigenvalue weighted by Crippen LogP contribution is 2.33. The molecule has 1 spiro atoms. The minimum atomic E-state index is -3.82. The van der Waals surface area contributed by atoms with Crippen LogP contribution in [0.15, 0.2) is 34.1 Å². The lowest BCUT2D eigenvalue weighted by molar-refractivity contribution is -0.179. The van der Waals surface area contributed by atoms with Gasteiger partial charge in [-0.25, -0.2) is 8.42 Å². The van der Waals surface area contributed by atoms with Crippen molar-refractivity contribution in [2.24, 2.45) is 0 Å². The highest BCUT2D eigenvalue weighted by molar-refractivity contribution is 7.89. The van der Waals surface area contributed by atoms with Crippen LogP contribution in [0, 0.1) is 0 Å². The molecule has 0 atom stereocenters. The summed E-state index contributed by atoms with van der Waals surface area (Å²) in [4.78, 5) is 28.4. The number of aromatic nitrogens is 1. The number of pyridine rings is 1. The van der Waals surface area contributed by atoms with E-state index in [0.717, 1.165) is 0 Å². The van der Waals surface area contributed by atoms with Crippen LogP contribution in [0.1, 0.15) is 36.5 Å². The summed E-state index contributed by atoms with van der Waals surface area (Å²) in [5, 5.41) is 2.84. The van der Waals surface area contributed by atoms with Gasteiger partial charge in [-0.2, -0.15) is 4.31 Å². The van der Waals surface area contributed by atoms with Gasteiger partial charge in [-0.3, -0.25) is 9.59 Å². The summed E-state index contributed by atoms with van der Waals surface area (Å²) in [7, 11) is -3.82. The number of benzene rings is 1. The Balaban J connectivity index is 1.52. The van der Waals surface area contributed by atoms with E-state index in [1.54, 1.807) is 6.07 Å². The summed E-state index contributed by atoms with van der Waals surface area (Å²) in [6, 6.07) is 4.35.